The van der Waals surface area contributed by atoms with Crippen molar-refractivity contribution in [1.29, 1.82) is 0 Å². The van der Waals surface area contributed by atoms with Crippen LogP contribution in [0.5, 0.6) is 0 Å². The summed E-state index contributed by atoms with van der Waals surface area (Å²) in [7, 11) is 0. The van der Waals surface area contributed by atoms with Crippen LogP contribution in [0.15, 0.2) is 38.9 Å². The summed E-state index contributed by atoms with van der Waals surface area (Å²) >= 11 is 5.03. The van der Waals surface area contributed by atoms with Crippen LogP contribution in [0.4, 0.5) is 0 Å². The maximum absolute atomic E-state index is 11.7. The average Bonchev–Trinajstić information content (AvgIpc) is 2.83. The highest BCUT2D eigenvalue weighted by Crippen LogP contribution is 2.33. The van der Waals surface area contributed by atoms with E-state index >= 15 is 0 Å². The molecule has 0 aliphatic carbocycles. The first-order valence-corrected chi connectivity index (χ1v) is 7.44. The average molecular weight is 352 g/mol. The Morgan fingerprint density at radius 3 is 3.10 bits per heavy atom. The van der Waals surface area contributed by atoms with Crippen molar-refractivity contribution in [2.45, 2.75) is 6.92 Å². The van der Waals surface area contributed by atoms with Crippen molar-refractivity contribution >= 4 is 49.4 Å². The van der Waals surface area contributed by atoms with Gasteiger partial charge in [-0.3, -0.25) is 0 Å². The number of benzene rings is 1. The summed E-state index contributed by atoms with van der Waals surface area (Å²) in [4.78, 5) is 14.4. The Labute approximate surface area is 127 Å². The SMILES string of the molecule is CCOC(=O)/C(=C/c1csc2cccc(Br)c12)N=[N+]=[N-]. The van der Waals surface area contributed by atoms with Gasteiger partial charge < -0.3 is 4.74 Å². The fraction of sp³-hybridized carbons (Fsp3) is 0.154. The molecule has 0 saturated carbocycles. The third kappa shape index (κ3) is 3.01. The molecule has 0 spiro atoms. The largest absolute Gasteiger partial charge is 0.462 e. The minimum atomic E-state index is -0.628. The van der Waals surface area contributed by atoms with Gasteiger partial charge in [0.1, 0.15) is 5.70 Å². The Hall–Kier alpha value is -1.82. The first-order valence-electron chi connectivity index (χ1n) is 5.77. The predicted octanol–water partition coefficient (Wildman–Crippen LogP) is 4.88. The van der Waals surface area contributed by atoms with E-state index in [1.54, 1.807) is 24.3 Å². The van der Waals surface area contributed by atoms with Crippen LogP contribution in [0.2, 0.25) is 0 Å². The topological polar surface area (TPSA) is 75.1 Å². The number of hydrogen-bond donors (Lipinski definition) is 0. The molecule has 0 atom stereocenters. The highest BCUT2D eigenvalue weighted by atomic mass is 79.9. The maximum Gasteiger partial charge on any atom is 0.340 e. The van der Waals surface area contributed by atoms with Crippen LogP contribution in [-0.2, 0) is 9.53 Å². The fourth-order valence-corrected chi connectivity index (χ4v) is 3.37. The monoisotopic (exact) mass is 351 g/mol. The van der Waals surface area contributed by atoms with Crippen LogP contribution in [-0.4, -0.2) is 12.6 Å². The summed E-state index contributed by atoms with van der Waals surface area (Å²) in [6.07, 6.45) is 1.54. The molecule has 0 saturated heterocycles. The van der Waals surface area contributed by atoms with Gasteiger partial charge in [0.15, 0.2) is 0 Å². The molecule has 0 aliphatic rings. The number of fused-ring (bicyclic) bond motifs is 1. The van der Waals surface area contributed by atoms with E-state index in [-0.39, 0.29) is 12.3 Å². The molecule has 0 fully saturated rings. The summed E-state index contributed by atoms with van der Waals surface area (Å²) in [5, 5.41) is 6.29. The van der Waals surface area contributed by atoms with E-state index in [0.717, 1.165) is 20.1 Å². The number of carbonyl (C=O) groups is 1. The molecule has 0 aliphatic heterocycles. The number of nitrogens with zero attached hydrogens (tertiary/aromatic N) is 3. The van der Waals surface area contributed by atoms with Gasteiger partial charge in [-0.05, 0) is 41.6 Å². The lowest BCUT2D eigenvalue weighted by Gasteiger charge is -2.01. The van der Waals surface area contributed by atoms with Crippen molar-refractivity contribution in [3.05, 3.63) is 49.8 Å². The van der Waals surface area contributed by atoms with E-state index in [1.807, 2.05) is 23.6 Å². The molecular weight excluding hydrogens is 342 g/mol. The lowest BCUT2D eigenvalue weighted by molar-refractivity contribution is -0.138. The number of carbonyl (C=O) groups excluding carboxylic acids is 1. The molecule has 0 unspecified atom stereocenters. The Morgan fingerprint density at radius 1 is 1.60 bits per heavy atom. The molecule has 1 aromatic carbocycles. The Kier molecular flexibility index (Phi) is 4.79. The van der Waals surface area contributed by atoms with Crippen LogP contribution >= 0.6 is 27.3 Å². The molecule has 102 valence electrons. The van der Waals surface area contributed by atoms with Gasteiger partial charge in [-0.2, -0.15) is 0 Å². The van der Waals surface area contributed by atoms with E-state index in [0.29, 0.717) is 0 Å². The zero-order chi connectivity index (χ0) is 14.5. The van der Waals surface area contributed by atoms with Crippen molar-refractivity contribution < 1.29 is 9.53 Å². The zero-order valence-corrected chi connectivity index (χ0v) is 12.9. The molecule has 2 rings (SSSR count). The highest BCUT2D eigenvalue weighted by molar-refractivity contribution is 9.10. The molecule has 7 heteroatoms. The first-order chi connectivity index (χ1) is 9.67. The van der Waals surface area contributed by atoms with Crippen LogP contribution in [0.1, 0.15) is 12.5 Å². The number of thiophene rings is 1. The maximum atomic E-state index is 11.7. The Morgan fingerprint density at radius 2 is 2.40 bits per heavy atom. The summed E-state index contributed by atoms with van der Waals surface area (Å²) in [5.74, 6) is -0.628. The van der Waals surface area contributed by atoms with Gasteiger partial charge in [0.05, 0.1) is 6.61 Å². The molecule has 0 amide bonds. The van der Waals surface area contributed by atoms with Crippen LogP contribution in [0, 0.1) is 0 Å². The van der Waals surface area contributed by atoms with Crippen LogP contribution in [0.25, 0.3) is 26.6 Å². The molecule has 0 bridgehead atoms. The Bertz CT molecular complexity index is 732. The molecule has 1 aromatic heterocycles. The summed E-state index contributed by atoms with van der Waals surface area (Å²) in [5.41, 5.74) is 9.32. The van der Waals surface area contributed by atoms with Crippen LogP contribution in [0.3, 0.4) is 0 Å². The second kappa shape index (κ2) is 6.56. The minimum absolute atomic E-state index is 0.0511. The van der Waals surface area contributed by atoms with Gasteiger partial charge in [-0.15, -0.1) is 11.3 Å². The van der Waals surface area contributed by atoms with Crippen molar-refractivity contribution in [3.63, 3.8) is 0 Å². The van der Waals surface area contributed by atoms with E-state index in [1.165, 1.54) is 0 Å². The predicted molar refractivity (Wildman–Crippen MR) is 83.3 cm³/mol. The minimum Gasteiger partial charge on any atom is -0.462 e. The zero-order valence-electron chi connectivity index (χ0n) is 10.5. The van der Waals surface area contributed by atoms with Gasteiger partial charge in [-0.1, -0.05) is 27.1 Å². The van der Waals surface area contributed by atoms with E-state index in [4.69, 9.17) is 10.3 Å². The van der Waals surface area contributed by atoms with E-state index in [9.17, 15) is 4.79 Å². The molecule has 5 nitrogen and oxygen atoms in total. The lowest BCUT2D eigenvalue weighted by atomic mass is 10.1. The standard InChI is InChI=1S/C13H10BrN3O2S/c1-2-19-13(18)10(16-17-15)6-8-7-20-11-5-3-4-9(14)12(8)11/h3-7H,2H2,1H3/b10-6-. The highest BCUT2D eigenvalue weighted by Gasteiger charge is 2.11. The third-order valence-electron chi connectivity index (χ3n) is 2.51. The van der Waals surface area contributed by atoms with Crippen molar-refractivity contribution in [2.24, 2.45) is 5.11 Å². The summed E-state index contributed by atoms with van der Waals surface area (Å²) in [6.45, 7) is 1.92. The third-order valence-corrected chi connectivity index (χ3v) is 4.13. The molecule has 20 heavy (non-hydrogen) atoms. The van der Waals surface area contributed by atoms with Gasteiger partial charge in [-0.25, -0.2) is 4.79 Å². The fourth-order valence-electron chi connectivity index (χ4n) is 1.70. The smallest absolute Gasteiger partial charge is 0.340 e. The van der Waals surface area contributed by atoms with E-state index < -0.39 is 5.97 Å². The van der Waals surface area contributed by atoms with Gasteiger partial charge in [0.2, 0.25) is 0 Å². The number of hydrogen-bond acceptors (Lipinski definition) is 4. The molecule has 0 N–H and O–H groups in total. The number of esters is 1. The van der Waals surface area contributed by atoms with Crippen LogP contribution < -0.4 is 0 Å². The second-order valence-corrected chi connectivity index (χ2v) is 5.51. The second-order valence-electron chi connectivity index (χ2n) is 3.74. The lowest BCUT2D eigenvalue weighted by Crippen LogP contribution is -2.05. The van der Waals surface area contributed by atoms with Gasteiger partial charge in [0, 0.05) is 19.5 Å². The van der Waals surface area contributed by atoms with Crippen molar-refractivity contribution in [3.8, 4) is 0 Å². The number of rotatable bonds is 4. The summed E-state index contributed by atoms with van der Waals surface area (Å²) < 4.78 is 6.87. The summed E-state index contributed by atoms with van der Waals surface area (Å²) in [6, 6.07) is 5.85. The number of ether oxygens (including phenoxy) is 1. The quantitative estimate of drug-likeness (QED) is 0.259. The molecule has 0 radical (unpaired) electrons. The molecular formula is C13H10BrN3O2S. The molecule has 2 aromatic rings. The van der Waals surface area contributed by atoms with Crippen molar-refractivity contribution in [2.75, 3.05) is 6.61 Å². The van der Waals surface area contributed by atoms with E-state index in [2.05, 4.69) is 26.0 Å². The van der Waals surface area contributed by atoms with Crippen molar-refractivity contribution in [1.82, 2.24) is 0 Å². The number of halogens is 1. The van der Waals surface area contributed by atoms with Gasteiger partial charge in [0.25, 0.3) is 0 Å². The normalized spacial score (nSPS) is 11.2. The number of azide groups is 1. The molecule has 1 heterocycles. The van der Waals surface area contributed by atoms with Gasteiger partial charge >= 0.3 is 5.97 Å². The Balaban J connectivity index is 2.54. The first kappa shape index (κ1) is 14.6.